The Bertz CT molecular complexity index is 449. The molecule has 0 saturated carbocycles. The fraction of sp³-hybridized carbons (Fsp3) is 0.600. The Morgan fingerprint density at radius 1 is 1.33 bits per heavy atom. The molecule has 0 fully saturated rings. The minimum absolute atomic E-state index is 0.0000245. The first kappa shape index (κ1) is 17.4. The summed E-state index contributed by atoms with van der Waals surface area (Å²) in [5, 5.41) is 14.3. The maximum atomic E-state index is 11.0. The maximum Gasteiger partial charge on any atom is 0.310 e. The van der Waals surface area contributed by atoms with Crippen molar-refractivity contribution < 1.29 is 14.4 Å². The number of nitro benzene ring substituents is 1. The zero-order chi connectivity index (χ0) is 15.7. The van der Waals surface area contributed by atoms with Gasteiger partial charge in [0.2, 0.25) is 0 Å². The highest BCUT2D eigenvalue weighted by atomic mass is 16.6. The van der Waals surface area contributed by atoms with Crippen molar-refractivity contribution in [1.29, 1.82) is 0 Å². The molecule has 0 saturated heterocycles. The third-order valence-corrected chi connectivity index (χ3v) is 2.85. The first-order chi connectivity index (χ1) is 10.0. The molecule has 0 aliphatic carbocycles. The molecular weight excluding hydrogens is 272 g/mol. The second kappa shape index (κ2) is 9.31. The van der Waals surface area contributed by atoms with E-state index in [4.69, 9.17) is 9.47 Å². The summed E-state index contributed by atoms with van der Waals surface area (Å²) in [6.07, 6.45) is 0.698. The standard InChI is InChI=1S/C15H24N2O4/c1-12(2)10-16-11-13-5-6-14(17(18)19)15(9-13)21-8-4-7-20-3/h5-6,9,12,16H,4,7-8,10-11H2,1-3H3. The lowest BCUT2D eigenvalue weighted by Gasteiger charge is -2.10. The summed E-state index contributed by atoms with van der Waals surface area (Å²) in [6.45, 7) is 6.81. The van der Waals surface area contributed by atoms with Crippen LogP contribution in [0.5, 0.6) is 5.75 Å². The molecule has 1 aromatic carbocycles. The number of nitrogens with zero attached hydrogens (tertiary/aromatic N) is 1. The molecule has 0 bridgehead atoms. The number of methoxy groups -OCH3 is 1. The molecule has 0 spiro atoms. The molecule has 0 aliphatic rings. The number of nitrogens with one attached hydrogen (secondary N) is 1. The summed E-state index contributed by atoms with van der Waals surface area (Å²) >= 11 is 0. The van der Waals surface area contributed by atoms with Gasteiger partial charge in [0.15, 0.2) is 5.75 Å². The number of hydrogen-bond acceptors (Lipinski definition) is 5. The number of rotatable bonds is 10. The maximum absolute atomic E-state index is 11.0. The Kier molecular flexibility index (Phi) is 7.71. The average Bonchev–Trinajstić information content (AvgIpc) is 2.43. The van der Waals surface area contributed by atoms with E-state index in [0.717, 1.165) is 12.1 Å². The number of nitro groups is 1. The first-order valence-electron chi connectivity index (χ1n) is 7.14. The van der Waals surface area contributed by atoms with Crippen LogP contribution in [0.3, 0.4) is 0 Å². The zero-order valence-electron chi connectivity index (χ0n) is 12.9. The van der Waals surface area contributed by atoms with Crippen LogP contribution in [-0.2, 0) is 11.3 Å². The van der Waals surface area contributed by atoms with Crippen molar-refractivity contribution in [2.75, 3.05) is 26.9 Å². The third-order valence-electron chi connectivity index (χ3n) is 2.85. The first-order valence-corrected chi connectivity index (χ1v) is 7.14. The molecule has 21 heavy (non-hydrogen) atoms. The molecule has 6 heteroatoms. The van der Waals surface area contributed by atoms with E-state index in [1.165, 1.54) is 6.07 Å². The van der Waals surface area contributed by atoms with Crippen LogP contribution < -0.4 is 10.1 Å². The van der Waals surface area contributed by atoms with Gasteiger partial charge in [-0.15, -0.1) is 0 Å². The monoisotopic (exact) mass is 296 g/mol. The van der Waals surface area contributed by atoms with Crippen LogP contribution in [0.2, 0.25) is 0 Å². The molecule has 1 aromatic rings. The molecule has 0 aromatic heterocycles. The molecule has 118 valence electrons. The summed E-state index contributed by atoms with van der Waals surface area (Å²) in [5.74, 6) is 0.882. The Morgan fingerprint density at radius 3 is 2.71 bits per heavy atom. The summed E-state index contributed by atoms with van der Waals surface area (Å²) < 4.78 is 10.5. The molecule has 0 heterocycles. The van der Waals surface area contributed by atoms with Crippen LogP contribution in [0.1, 0.15) is 25.8 Å². The molecule has 0 radical (unpaired) electrons. The predicted molar refractivity (Wildman–Crippen MR) is 81.6 cm³/mol. The summed E-state index contributed by atoms with van der Waals surface area (Å²) in [6, 6.07) is 4.99. The van der Waals surface area contributed by atoms with E-state index in [0.29, 0.717) is 37.8 Å². The second-order valence-electron chi connectivity index (χ2n) is 5.28. The Labute approximate surface area is 125 Å². The predicted octanol–water partition coefficient (Wildman–Crippen LogP) is 2.76. The Balaban J connectivity index is 2.68. The van der Waals surface area contributed by atoms with Gasteiger partial charge in [-0.1, -0.05) is 19.9 Å². The average molecular weight is 296 g/mol. The Hall–Kier alpha value is -1.66. The SMILES string of the molecule is COCCCOc1cc(CNCC(C)C)ccc1[N+](=O)[O-]. The third kappa shape index (κ3) is 6.55. The Morgan fingerprint density at radius 2 is 2.10 bits per heavy atom. The lowest BCUT2D eigenvalue weighted by molar-refractivity contribution is -0.385. The van der Waals surface area contributed by atoms with E-state index >= 15 is 0 Å². The fourth-order valence-corrected chi connectivity index (χ4v) is 1.83. The summed E-state index contributed by atoms with van der Waals surface area (Å²) in [7, 11) is 1.61. The number of ether oxygens (including phenoxy) is 2. The van der Waals surface area contributed by atoms with Crippen LogP contribution >= 0.6 is 0 Å². The van der Waals surface area contributed by atoms with Gasteiger partial charge >= 0.3 is 5.69 Å². The molecule has 0 unspecified atom stereocenters. The van der Waals surface area contributed by atoms with Crippen LogP contribution in [0, 0.1) is 16.0 Å². The van der Waals surface area contributed by atoms with E-state index in [1.807, 2.05) is 0 Å². The minimum Gasteiger partial charge on any atom is -0.487 e. The van der Waals surface area contributed by atoms with Gasteiger partial charge in [0.1, 0.15) is 0 Å². The smallest absolute Gasteiger partial charge is 0.310 e. The molecule has 6 nitrogen and oxygen atoms in total. The van der Waals surface area contributed by atoms with Crippen LogP contribution in [0.4, 0.5) is 5.69 Å². The molecule has 1 rings (SSSR count). The molecule has 1 N–H and O–H groups in total. The van der Waals surface area contributed by atoms with E-state index in [9.17, 15) is 10.1 Å². The lowest BCUT2D eigenvalue weighted by Crippen LogP contribution is -2.19. The van der Waals surface area contributed by atoms with Crippen molar-refractivity contribution in [3.63, 3.8) is 0 Å². The topological polar surface area (TPSA) is 73.6 Å². The van der Waals surface area contributed by atoms with Crippen molar-refractivity contribution in [3.8, 4) is 5.75 Å². The number of hydrogen-bond donors (Lipinski definition) is 1. The van der Waals surface area contributed by atoms with Gasteiger partial charge in [0, 0.05) is 32.7 Å². The minimum atomic E-state index is -0.420. The van der Waals surface area contributed by atoms with Gasteiger partial charge in [-0.2, -0.15) is 0 Å². The van der Waals surface area contributed by atoms with Crippen LogP contribution in [-0.4, -0.2) is 31.8 Å². The van der Waals surface area contributed by atoms with Crippen molar-refractivity contribution >= 4 is 5.69 Å². The largest absolute Gasteiger partial charge is 0.487 e. The lowest BCUT2D eigenvalue weighted by atomic mass is 10.1. The van der Waals surface area contributed by atoms with Crippen molar-refractivity contribution in [2.45, 2.75) is 26.8 Å². The summed E-state index contributed by atoms with van der Waals surface area (Å²) in [5.41, 5.74) is 0.975. The van der Waals surface area contributed by atoms with Crippen molar-refractivity contribution in [3.05, 3.63) is 33.9 Å². The second-order valence-corrected chi connectivity index (χ2v) is 5.28. The van der Waals surface area contributed by atoms with E-state index in [1.54, 1.807) is 19.2 Å². The fourth-order valence-electron chi connectivity index (χ4n) is 1.83. The normalized spacial score (nSPS) is 10.9. The van der Waals surface area contributed by atoms with Crippen LogP contribution in [0.15, 0.2) is 18.2 Å². The van der Waals surface area contributed by atoms with E-state index in [2.05, 4.69) is 19.2 Å². The summed E-state index contributed by atoms with van der Waals surface area (Å²) in [4.78, 5) is 10.6. The molecule has 0 aliphatic heterocycles. The highest BCUT2D eigenvalue weighted by Gasteiger charge is 2.15. The van der Waals surface area contributed by atoms with Gasteiger partial charge in [-0.05, 0) is 24.1 Å². The highest BCUT2D eigenvalue weighted by molar-refractivity contribution is 5.48. The number of benzene rings is 1. The van der Waals surface area contributed by atoms with E-state index < -0.39 is 4.92 Å². The van der Waals surface area contributed by atoms with Crippen molar-refractivity contribution in [1.82, 2.24) is 5.32 Å². The van der Waals surface area contributed by atoms with Gasteiger partial charge in [0.05, 0.1) is 11.5 Å². The molecule has 0 atom stereocenters. The van der Waals surface area contributed by atoms with Crippen LogP contribution in [0.25, 0.3) is 0 Å². The zero-order valence-corrected chi connectivity index (χ0v) is 12.9. The quantitative estimate of drug-likeness (QED) is 0.408. The van der Waals surface area contributed by atoms with Crippen molar-refractivity contribution in [2.24, 2.45) is 5.92 Å². The highest BCUT2D eigenvalue weighted by Crippen LogP contribution is 2.28. The molecular formula is C15H24N2O4. The van der Waals surface area contributed by atoms with Gasteiger partial charge < -0.3 is 14.8 Å². The molecule has 0 amide bonds. The van der Waals surface area contributed by atoms with Gasteiger partial charge in [-0.3, -0.25) is 10.1 Å². The van der Waals surface area contributed by atoms with E-state index in [-0.39, 0.29) is 5.69 Å². The van der Waals surface area contributed by atoms with Gasteiger partial charge in [0.25, 0.3) is 0 Å². The van der Waals surface area contributed by atoms with Gasteiger partial charge in [-0.25, -0.2) is 0 Å².